The molecule has 0 radical (unpaired) electrons. The van der Waals surface area contributed by atoms with Crippen molar-refractivity contribution in [3.05, 3.63) is 12.2 Å². The maximum Gasteiger partial charge on any atom is 0.220 e. The SMILES string of the molecule is CCCCCCCCCCCCC/C=C/[C@@H](O)[C@@H](NC(=O)CCCCCCCCCCCCCCCCCCCCC)C(O)C1O[C@H](CO)[C@H](O)[C@H](O)[C@H]1O. The number of rotatable bonds is 38. The third-order valence-corrected chi connectivity index (χ3v) is 11.6. The van der Waals surface area contributed by atoms with Crippen molar-refractivity contribution in [3.63, 3.8) is 0 Å². The molecule has 0 aromatic rings. The van der Waals surface area contributed by atoms with Crippen molar-refractivity contribution < 1.29 is 40.2 Å². The van der Waals surface area contributed by atoms with Crippen molar-refractivity contribution in [2.75, 3.05) is 6.61 Å². The van der Waals surface area contributed by atoms with E-state index in [1.807, 2.05) is 6.08 Å². The Bertz CT molecular complexity index is 888. The second-order valence-electron chi connectivity index (χ2n) is 16.7. The number of unbranched alkanes of at least 4 members (excludes halogenated alkanes) is 29. The molecular weight excluding hydrogens is 695 g/mol. The van der Waals surface area contributed by atoms with Gasteiger partial charge >= 0.3 is 0 Å². The van der Waals surface area contributed by atoms with Crippen LogP contribution in [0.5, 0.6) is 0 Å². The van der Waals surface area contributed by atoms with E-state index < -0.39 is 55.4 Å². The van der Waals surface area contributed by atoms with Gasteiger partial charge in [-0.2, -0.15) is 0 Å². The zero-order chi connectivity index (χ0) is 40.4. The predicted molar refractivity (Wildman–Crippen MR) is 226 cm³/mol. The van der Waals surface area contributed by atoms with Crippen LogP contribution < -0.4 is 5.32 Å². The molecule has 1 aliphatic heterocycles. The van der Waals surface area contributed by atoms with Crippen molar-refractivity contribution in [2.45, 2.75) is 268 Å². The van der Waals surface area contributed by atoms with Crippen LogP contribution in [0.2, 0.25) is 0 Å². The fourth-order valence-corrected chi connectivity index (χ4v) is 7.89. The summed E-state index contributed by atoms with van der Waals surface area (Å²) in [5.41, 5.74) is 0. The maximum absolute atomic E-state index is 13.0. The predicted octanol–water partition coefficient (Wildman–Crippen LogP) is 9.11. The summed E-state index contributed by atoms with van der Waals surface area (Å²) in [4.78, 5) is 13.0. The fourth-order valence-electron chi connectivity index (χ4n) is 7.89. The minimum absolute atomic E-state index is 0.242. The first-order chi connectivity index (χ1) is 26.8. The Balaban J connectivity index is 2.38. The zero-order valence-corrected chi connectivity index (χ0v) is 35.6. The summed E-state index contributed by atoms with van der Waals surface area (Å²) >= 11 is 0. The van der Waals surface area contributed by atoms with Gasteiger partial charge in [-0.1, -0.05) is 206 Å². The van der Waals surface area contributed by atoms with Crippen LogP contribution in [-0.4, -0.2) is 91.9 Å². The third kappa shape index (κ3) is 25.8. The van der Waals surface area contributed by atoms with E-state index in [1.165, 1.54) is 154 Å². The molecule has 9 heteroatoms. The number of hydrogen-bond acceptors (Lipinski definition) is 8. The normalized spacial score (nSPS) is 21.9. The van der Waals surface area contributed by atoms with E-state index in [4.69, 9.17) is 4.74 Å². The molecule has 0 aromatic carbocycles. The first kappa shape index (κ1) is 51.9. The molecule has 1 aliphatic rings. The molecule has 1 saturated heterocycles. The molecule has 0 saturated carbocycles. The van der Waals surface area contributed by atoms with Crippen LogP contribution in [0.15, 0.2) is 12.2 Å². The van der Waals surface area contributed by atoms with Gasteiger partial charge in [-0.15, -0.1) is 0 Å². The van der Waals surface area contributed by atoms with Crippen molar-refractivity contribution >= 4 is 5.91 Å². The number of carbonyl (C=O) groups is 1. The lowest BCUT2D eigenvalue weighted by Gasteiger charge is -2.43. The lowest BCUT2D eigenvalue weighted by molar-refractivity contribution is -0.253. The van der Waals surface area contributed by atoms with Crippen molar-refractivity contribution in [1.29, 1.82) is 0 Å². The summed E-state index contributed by atoms with van der Waals surface area (Å²) in [5.74, 6) is -0.321. The molecular formula is C46H89NO8. The van der Waals surface area contributed by atoms with Crippen LogP contribution in [0.25, 0.3) is 0 Å². The molecule has 0 aliphatic carbocycles. The quantitative estimate of drug-likeness (QED) is 0.0241. The summed E-state index contributed by atoms with van der Waals surface area (Å²) in [6, 6.07) is -1.22. The van der Waals surface area contributed by atoms with Crippen LogP contribution >= 0.6 is 0 Å². The van der Waals surface area contributed by atoms with Crippen LogP contribution in [0.4, 0.5) is 0 Å². The highest BCUT2D eigenvalue weighted by Gasteiger charge is 2.48. The molecule has 0 spiro atoms. The monoisotopic (exact) mass is 784 g/mol. The smallest absolute Gasteiger partial charge is 0.220 e. The number of amides is 1. The van der Waals surface area contributed by atoms with Gasteiger partial charge in [0.05, 0.1) is 18.8 Å². The van der Waals surface area contributed by atoms with E-state index in [1.54, 1.807) is 6.08 Å². The molecule has 0 aromatic heterocycles. The van der Waals surface area contributed by atoms with Gasteiger partial charge in [0, 0.05) is 6.42 Å². The highest BCUT2D eigenvalue weighted by Crippen LogP contribution is 2.26. The minimum Gasteiger partial charge on any atom is -0.394 e. The van der Waals surface area contributed by atoms with Crippen LogP contribution in [0.3, 0.4) is 0 Å². The van der Waals surface area contributed by atoms with Gasteiger partial charge in [-0.25, -0.2) is 0 Å². The van der Waals surface area contributed by atoms with Gasteiger partial charge in [-0.05, 0) is 19.3 Å². The lowest BCUT2D eigenvalue weighted by Crippen LogP contribution is -2.65. The zero-order valence-electron chi connectivity index (χ0n) is 35.6. The second kappa shape index (κ2) is 36.0. The molecule has 8 atom stereocenters. The average Bonchev–Trinajstić information content (AvgIpc) is 3.18. The van der Waals surface area contributed by atoms with E-state index in [0.717, 1.165) is 38.5 Å². The van der Waals surface area contributed by atoms with Gasteiger partial charge in [0.1, 0.15) is 36.6 Å². The first-order valence-electron chi connectivity index (χ1n) is 23.4. The second-order valence-corrected chi connectivity index (χ2v) is 16.7. The van der Waals surface area contributed by atoms with E-state index >= 15 is 0 Å². The number of carbonyl (C=O) groups excluding carboxylic acids is 1. The molecule has 1 rings (SSSR count). The van der Waals surface area contributed by atoms with Crippen LogP contribution in [0, 0.1) is 0 Å². The molecule has 2 unspecified atom stereocenters. The number of aliphatic hydroxyl groups excluding tert-OH is 6. The van der Waals surface area contributed by atoms with E-state index in [9.17, 15) is 35.4 Å². The molecule has 55 heavy (non-hydrogen) atoms. The van der Waals surface area contributed by atoms with Crippen LogP contribution in [0.1, 0.15) is 219 Å². The average molecular weight is 784 g/mol. The first-order valence-corrected chi connectivity index (χ1v) is 23.4. The highest BCUT2D eigenvalue weighted by molar-refractivity contribution is 5.76. The molecule has 1 amide bonds. The van der Waals surface area contributed by atoms with Gasteiger partial charge in [0.2, 0.25) is 5.91 Å². The molecule has 9 nitrogen and oxygen atoms in total. The highest BCUT2D eigenvalue weighted by atomic mass is 16.6. The van der Waals surface area contributed by atoms with Gasteiger partial charge in [0.25, 0.3) is 0 Å². The van der Waals surface area contributed by atoms with Crippen molar-refractivity contribution in [2.24, 2.45) is 0 Å². The number of ether oxygens (including phenoxy) is 1. The Morgan fingerprint density at radius 2 is 0.945 bits per heavy atom. The molecule has 0 bridgehead atoms. The molecule has 1 heterocycles. The van der Waals surface area contributed by atoms with Gasteiger partial charge in [-0.3, -0.25) is 4.79 Å². The standard InChI is InChI=1S/C46H89NO8/c1-3-5-7-9-11-13-15-17-18-19-20-21-22-24-26-28-30-32-34-36-40(50)47-41(43(52)46-45(54)44(53)42(51)39(37-48)55-46)38(49)35-33-31-29-27-25-23-16-14-12-10-8-6-4-2/h33,35,38-39,41-46,48-49,51-54H,3-32,34,36-37H2,1-2H3,(H,47,50)/b35-33+/t38-,39-,41-,42+,43?,44+,45-,46?/m1/s1. The number of allylic oxidation sites excluding steroid dienone is 1. The van der Waals surface area contributed by atoms with Crippen LogP contribution in [-0.2, 0) is 9.53 Å². The van der Waals surface area contributed by atoms with E-state index in [2.05, 4.69) is 19.2 Å². The van der Waals surface area contributed by atoms with Gasteiger partial charge in [0.15, 0.2) is 0 Å². The summed E-state index contributed by atoms with van der Waals surface area (Å²) < 4.78 is 5.58. The fraction of sp³-hybridized carbons (Fsp3) is 0.935. The van der Waals surface area contributed by atoms with E-state index in [-0.39, 0.29) is 12.3 Å². The summed E-state index contributed by atoms with van der Waals surface area (Å²) in [6.45, 7) is 3.88. The Kier molecular flexibility index (Phi) is 34.0. The third-order valence-electron chi connectivity index (χ3n) is 11.6. The lowest BCUT2D eigenvalue weighted by atomic mass is 9.88. The Morgan fingerprint density at radius 1 is 0.564 bits per heavy atom. The number of hydrogen-bond donors (Lipinski definition) is 7. The topological polar surface area (TPSA) is 160 Å². The molecule has 326 valence electrons. The Morgan fingerprint density at radius 3 is 1.35 bits per heavy atom. The maximum atomic E-state index is 13.0. The van der Waals surface area contributed by atoms with Crippen molar-refractivity contribution in [1.82, 2.24) is 5.32 Å². The van der Waals surface area contributed by atoms with Crippen molar-refractivity contribution in [3.8, 4) is 0 Å². The number of nitrogens with one attached hydrogen (secondary N) is 1. The Hall–Kier alpha value is -1.07. The molecule has 7 N–H and O–H groups in total. The molecule has 1 fully saturated rings. The Labute approximate surface area is 337 Å². The number of aliphatic hydroxyl groups is 6. The summed E-state index contributed by atoms with van der Waals surface area (Å²) in [7, 11) is 0. The van der Waals surface area contributed by atoms with Gasteiger partial charge < -0.3 is 40.7 Å². The summed E-state index contributed by atoms with van der Waals surface area (Å²) in [5, 5.41) is 66.0. The largest absolute Gasteiger partial charge is 0.394 e. The summed E-state index contributed by atoms with van der Waals surface area (Å²) in [6.07, 6.45) is 31.8. The van der Waals surface area contributed by atoms with E-state index in [0.29, 0.717) is 6.42 Å². The minimum atomic E-state index is -1.68.